The Kier molecular flexibility index (Phi) is 4.81. The molecule has 1 aliphatic carbocycles. The molecule has 0 bridgehead atoms. The molecule has 2 aliphatic rings. The Morgan fingerprint density at radius 3 is 2.43 bits per heavy atom. The summed E-state index contributed by atoms with van der Waals surface area (Å²) in [6.07, 6.45) is 5.74. The minimum Gasteiger partial charge on any atom is -0.366 e. The molecule has 2 fully saturated rings. The molecule has 6 heteroatoms. The van der Waals surface area contributed by atoms with Crippen molar-refractivity contribution in [1.29, 1.82) is 0 Å². The number of nitrogens with zero attached hydrogens (tertiary/aromatic N) is 2. The van der Waals surface area contributed by atoms with Gasteiger partial charge in [0.25, 0.3) is 0 Å². The normalized spacial score (nSPS) is 31.7. The Bertz CT molecular complexity index is 534. The summed E-state index contributed by atoms with van der Waals surface area (Å²) in [7, 11) is 0. The van der Waals surface area contributed by atoms with Gasteiger partial charge in [-0.1, -0.05) is 32.4 Å². The number of hydrogen-bond acceptors (Lipinski definition) is 5. The fraction of sp³-hybridized carbons (Fsp3) is 0.765. The summed E-state index contributed by atoms with van der Waals surface area (Å²) in [5.41, 5.74) is 0.214. The molecular weight excluding hydrogens is 314 g/mol. The van der Waals surface area contributed by atoms with Crippen molar-refractivity contribution in [2.45, 2.75) is 58.8 Å². The predicted octanol–water partition coefficient (Wildman–Crippen LogP) is 3.89. The van der Waals surface area contributed by atoms with E-state index in [-0.39, 0.29) is 17.1 Å². The SMILES string of the molecule is CC1(C)COC(C2(C)CCC(Nc3cc(Cl)cnn3)CC2)OC1. The van der Waals surface area contributed by atoms with Gasteiger partial charge in [-0.3, -0.25) is 0 Å². The zero-order chi connectivity index (χ0) is 16.5. The Balaban J connectivity index is 1.53. The highest BCUT2D eigenvalue weighted by Gasteiger charge is 2.43. The van der Waals surface area contributed by atoms with Gasteiger partial charge in [0.1, 0.15) is 5.82 Å². The number of halogens is 1. The first-order valence-corrected chi connectivity index (χ1v) is 8.72. The van der Waals surface area contributed by atoms with E-state index in [4.69, 9.17) is 21.1 Å². The number of nitrogens with one attached hydrogen (secondary N) is 1. The Morgan fingerprint density at radius 1 is 1.17 bits per heavy atom. The van der Waals surface area contributed by atoms with Crippen LogP contribution in [0.3, 0.4) is 0 Å². The summed E-state index contributed by atoms with van der Waals surface area (Å²) in [4.78, 5) is 0. The van der Waals surface area contributed by atoms with E-state index in [0.29, 0.717) is 11.1 Å². The van der Waals surface area contributed by atoms with Gasteiger partial charge in [0, 0.05) is 22.9 Å². The molecule has 23 heavy (non-hydrogen) atoms. The molecule has 128 valence electrons. The van der Waals surface area contributed by atoms with Gasteiger partial charge in [-0.25, -0.2) is 0 Å². The van der Waals surface area contributed by atoms with Crippen LogP contribution in [-0.4, -0.2) is 35.7 Å². The van der Waals surface area contributed by atoms with E-state index in [1.165, 1.54) is 0 Å². The third-order valence-corrected chi connectivity index (χ3v) is 5.13. The average Bonchev–Trinajstić information content (AvgIpc) is 2.50. The van der Waals surface area contributed by atoms with Crippen LogP contribution in [0.4, 0.5) is 5.82 Å². The molecule has 0 spiro atoms. The van der Waals surface area contributed by atoms with E-state index in [1.54, 1.807) is 6.20 Å². The van der Waals surface area contributed by atoms with E-state index < -0.39 is 0 Å². The second-order valence-electron chi connectivity index (χ2n) is 7.95. The van der Waals surface area contributed by atoms with Crippen LogP contribution >= 0.6 is 11.6 Å². The fourth-order valence-corrected chi connectivity index (χ4v) is 3.52. The van der Waals surface area contributed by atoms with Gasteiger partial charge in [0.15, 0.2) is 6.29 Å². The number of anilines is 1. The molecule has 1 N–H and O–H groups in total. The quantitative estimate of drug-likeness (QED) is 0.905. The summed E-state index contributed by atoms with van der Waals surface area (Å²) in [6.45, 7) is 8.18. The van der Waals surface area contributed by atoms with Crippen LogP contribution < -0.4 is 5.32 Å². The van der Waals surface area contributed by atoms with Crippen molar-refractivity contribution in [3.63, 3.8) is 0 Å². The minimum atomic E-state index is -0.0811. The van der Waals surface area contributed by atoms with Gasteiger partial charge >= 0.3 is 0 Å². The summed E-state index contributed by atoms with van der Waals surface area (Å²) >= 11 is 5.96. The zero-order valence-electron chi connectivity index (χ0n) is 14.1. The van der Waals surface area contributed by atoms with Gasteiger partial charge in [-0.05, 0) is 25.7 Å². The molecule has 0 unspecified atom stereocenters. The Morgan fingerprint density at radius 2 is 1.83 bits per heavy atom. The summed E-state index contributed by atoms with van der Waals surface area (Å²) in [5.74, 6) is 0.748. The predicted molar refractivity (Wildman–Crippen MR) is 90.5 cm³/mol. The molecule has 0 radical (unpaired) electrons. The maximum absolute atomic E-state index is 6.02. The molecule has 0 atom stereocenters. The molecule has 1 aromatic rings. The van der Waals surface area contributed by atoms with Crippen molar-refractivity contribution in [3.05, 3.63) is 17.3 Å². The number of ether oxygens (including phenoxy) is 2. The summed E-state index contributed by atoms with van der Waals surface area (Å²) in [6, 6.07) is 2.22. The molecule has 1 saturated carbocycles. The number of hydrogen-bond donors (Lipinski definition) is 1. The van der Waals surface area contributed by atoms with Crippen molar-refractivity contribution in [3.8, 4) is 0 Å². The van der Waals surface area contributed by atoms with Crippen LogP contribution in [0.2, 0.25) is 5.02 Å². The van der Waals surface area contributed by atoms with Crippen molar-refractivity contribution < 1.29 is 9.47 Å². The van der Waals surface area contributed by atoms with Crippen molar-refractivity contribution in [2.75, 3.05) is 18.5 Å². The van der Waals surface area contributed by atoms with E-state index in [2.05, 4.69) is 36.3 Å². The van der Waals surface area contributed by atoms with Crippen LogP contribution in [0.15, 0.2) is 12.3 Å². The Hall–Kier alpha value is -0.910. The van der Waals surface area contributed by atoms with Crippen LogP contribution in [-0.2, 0) is 9.47 Å². The van der Waals surface area contributed by atoms with Crippen LogP contribution in [0.5, 0.6) is 0 Å². The van der Waals surface area contributed by atoms with Gasteiger partial charge in [-0.15, -0.1) is 5.10 Å². The first-order chi connectivity index (χ1) is 10.9. The topological polar surface area (TPSA) is 56.3 Å². The third kappa shape index (κ3) is 4.14. The number of rotatable bonds is 3. The average molecular weight is 340 g/mol. The molecule has 2 heterocycles. The third-order valence-electron chi connectivity index (χ3n) is 4.92. The highest BCUT2D eigenvalue weighted by molar-refractivity contribution is 6.30. The molecule has 1 aromatic heterocycles. The molecular formula is C17H26ClN3O2. The number of aromatic nitrogens is 2. The maximum Gasteiger partial charge on any atom is 0.162 e. The van der Waals surface area contributed by atoms with Gasteiger partial charge in [0.05, 0.1) is 24.4 Å². The van der Waals surface area contributed by atoms with E-state index in [9.17, 15) is 0 Å². The van der Waals surface area contributed by atoms with Crippen LogP contribution in [0.1, 0.15) is 46.5 Å². The molecule has 1 aliphatic heterocycles. The monoisotopic (exact) mass is 339 g/mol. The largest absolute Gasteiger partial charge is 0.366 e. The first kappa shape index (κ1) is 16.9. The summed E-state index contributed by atoms with van der Waals surface area (Å²) in [5, 5.41) is 12.0. The first-order valence-electron chi connectivity index (χ1n) is 8.34. The Labute approximate surface area is 143 Å². The standard InChI is InChI=1S/C17H26ClN3O2/c1-16(2)10-22-15(23-11-16)17(3)6-4-13(5-7-17)20-14-8-12(18)9-19-21-14/h8-9,13,15H,4-7,10-11H2,1-3H3,(H,20,21). The molecule has 5 nitrogen and oxygen atoms in total. The van der Waals surface area contributed by atoms with Crippen molar-refractivity contribution in [2.24, 2.45) is 10.8 Å². The van der Waals surface area contributed by atoms with Crippen molar-refractivity contribution >= 4 is 17.4 Å². The molecule has 0 aromatic carbocycles. The van der Waals surface area contributed by atoms with E-state index in [1.807, 2.05) is 6.07 Å². The highest BCUT2D eigenvalue weighted by atomic mass is 35.5. The lowest BCUT2D eigenvalue weighted by Crippen LogP contribution is -2.48. The van der Waals surface area contributed by atoms with Crippen molar-refractivity contribution in [1.82, 2.24) is 10.2 Å². The van der Waals surface area contributed by atoms with Crippen LogP contribution in [0.25, 0.3) is 0 Å². The second-order valence-corrected chi connectivity index (χ2v) is 8.39. The molecule has 0 amide bonds. The van der Waals surface area contributed by atoms with Gasteiger partial charge < -0.3 is 14.8 Å². The summed E-state index contributed by atoms with van der Waals surface area (Å²) < 4.78 is 12.0. The zero-order valence-corrected chi connectivity index (χ0v) is 14.9. The van der Waals surface area contributed by atoms with Gasteiger partial charge in [-0.2, -0.15) is 5.10 Å². The fourth-order valence-electron chi connectivity index (χ4n) is 3.37. The van der Waals surface area contributed by atoms with Gasteiger partial charge in [0.2, 0.25) is 0 Å². The lowest BCUT2D eigenvalue weighted by molar-refractivity contribution is -0.271. The minimum absolute atomic E-state index is 0.0811. The van der Waals surface area contributed by atoms with Crippen LogP contribution in [0, 0.1) is 10.8 Å². The smallest absolute Gasteiger partial charge is 0.162 e. The highest BCUT2D eigenvalue weighted by Crippen LogP contribution is 2.43. The van der Waals surface area contributed by atoms with E-state index in [0.717, 1.165) is 44.7 Å². The lowest BCUT2D eigenvalue weighted by atomic mass is 9.73. The maximum atomic E-state index is 6.02. The molecule has 1 saturated heterocycles. The second kappa shape index (κ2) is 6.54. The lowest BCUT2D eigenvalue weighted by Gasteiger charge is -2.46. The van der Waals surface area contributed by atoms with E-state index >= 15 is 0 Å². The molecule has 3 rings (SSSR count).